The Kier molecular flexibility index (Phi) is 10.0. The van der Waals surface area contributed by atoms with E-state index in [4.69, 9.17) is 36.3 Å². The molecular formula is C16H20F2N12O7. The maximum absolute atomic E-state index is 15.4. The second-order valence-electron chi connectivity index (χ2n) is 7.76. The number of rotatable bonds is 9. The Morgan fingerprint density at radius 3 is 2.05 bits per heavy atom. The average molecular weight is 530 g/mol. The van der Waals surface area contributed by atoms with Crippen molar-refractivity contribution in [3.63, 3.8) is 0 Å². The number of hydrogen-bond acceptors (Lipinski definition) is 11. The molecule has 9 unspecified atom stereocenters. The van der Waals surface area contributed by atoms with E-state index in [1.807, 2.05) is 0 Å². The predicted octanol–water partition coefficient (Wildman–Crippen LogP) is 2.71. The lowest BCUT2D eigenvalue weighted by molar-refractivity contribution is -0.322. The molecule has 19 nitrogen and oxygen atoms in total. The summed E-state index contributed by atoms with van der Waals surface area (Å²) in [5.74, 6) is -6.18. The molecule has 1 saturated carbocycles. The number of carbonyl (C=O) groups is 2. The van der Waals surface area contributed by atoms with Crippen LogP contribution in [0.2, 0.25) is 0 Å². The van der Waals surface area contributed by atoms with Crippen LogP contribution in [-0.2, 0) is 28.5 Å². The van der Waals surface area contributed by atoms with Crippen LogP contribution in [0.25, 0.3) is 41.8 Å². The fraction of sp³-hybridized carbons (Fsp3) is 0.875. The summed E-state index contributed by atoms with van der Waals surface area (Å²) in [4.78, 5) is 33.0. The summed E-state index contributed by atoms with van der Waals surface area (Å²) < 4.78 is 51.4. The van der Waals surface area contributed by atoms with E-state index in [-0.39, 0.29) is 6.42 Å². The minimum absolute atomic E-state index is 0.346. The molecule has 21 heteroatoms. The molecule has 37 heavy (non-hydrogen) atoms. The van der Waals surface area contributed by atoms with Gasteiger partial charge in [0, 0.05) is 33.5 Å². The maximum atomic E-state index is 15.4. The first kappa shape index (κ1) is 29.2. The van der Waals surface area contributed by atoms with Gasteiger partial charge in [-0.05, 0) is 28.5 Å². The second kappa shape index (κ2) is 12.8. The van der Waals surface area contributed by atoms with Crippen LogP contribution in [0.5, 0.6) is 0 Å². The third-order valence-electron chi connectivity index (χ3n) is 5.38. The van der Waals surface area contributed by atoms with E-state index in [2.05, 4.69) is 44.8 Å². The Morgan fingerprint density at radius 2 is 1.54 bits per heavy atom. The number of nitrogens with zero attached hydrogens (tertiary/aromatic N) is 12. The average Bonchev–Trinajstić information content (AvgIpc) is 2.81. The van der Waals surface area contributed by atoms with Crippen molar-refractivity contribution in [3.8, 4) is 0 Å². The highest BCUT2D eigenvalue weighted by atomic mass is 19.3. The lowest BCUT2D eigenvalue weighted by Crippen LogP contribution is -2.66. The van der Waals surface area contributed by atoms with Gasteiger partial charge >= 0.3 is 11.9 Å². The Labute approximate surface area is 205 Å². The van der Waals surface area contributed by atoms with Gasteiger partial charge in [0.15, 0.2) is 18.4 Å². The normalized spacial score (nSPS) is 34.2. The zero-order valence-corrected chi connectivity index (χ0v) is 19.1. The van der Waals surface area contributed by atoms with Gasteiger partial charge in [0.05, 0.1) is 24.7 Å². The maximum Gasteiger partial charge on any atom is 0.303 e. The molecule has 200 valence electrons. The monoisotopic (exact) mass is 530 g/mol. The summed E-state index contributed by atoms with van der Waals surface area (Å²) in [5.41, 5.74) is 35.3. The highest BCUT2D eigenvalue weighted by Crippen LogP contribution is 2.41. The van der Waals surface area contributed by atoms with Crippen molar-refractivity contribution in [2.45, 2.75) is 81.1 Å². The van der Waals surface area contributed by atoms with E-state index < -0.39 is 79.3 Å². The van der Waals surface area contributed by atoms with Crippen LogP contribution >= 0.6 is 0 Å². The van der Waals surface area contributed by atoms with Crippen LogP contribution in [0.4, 0.5) is 8.78 Å². The third kappa shape index (κ3) is 6.78. The van der Waals surface area contributed by atoms with Crippen LogP contribution in [0.3, 0.4) is 0 Å². The van der Waals surface area contributed by atoms with Crippen LogP contribution in [0, 0.1) is 0 Å². The standard InChI is InChI=1S/C16H20F2N12O7/c1-5(31)34-11-7(24-28-20)3-8(25-29-21)12(10(11)33)37-15-13(26-30-22)16(17,18)14(35-6(2)32)9(36-15)4-23-27-19/h7-15,33H,3-4H2,1-2H3. The number of aliphatic hydroxyl groups excluding tert-OH is 1. The molecule has 0 aromatic heterocycles. The van der Waals surface area contributed by atoms with Crippen LogP contribution in [0.15, 0.2) is 20.5 Å². The van der Waals surface area contributed by atoms with Crippen LogP contribution in [0.1, 0.15) is 20.3 Å². The SMILES string of the molecule is CC(=O)OC1C(N=[N+]=[N-])CC(N=[N+]=[N-])C(OC2OC(CN=[N+]=[N-])C(OC(C)=O)C(F)(F)C2N=[N+]=[N-])C1O. The zero-order chi connectivity index (χ0) is 27.8. The summed E-state index contributed by atoms with van der Waals surface area (Å²) in [6, 6.07) is -5.09. The topological polar surface area (TPSA) is 286 Å². The van der Waals surface area contributed by atoms with E-state index in [0.29, 0.717) is 0 Å². The Balaban J connectivity index is 2.52. The van der Waals surface area contributed by atoms with Gasteiger partial charge in [0.25, 0.3) is 5.92 Å². The van der Waals surface area contributed by atoms with Crippen molar-refractivity contribution in [3.05, 3.63) is 41.8 Å². The number of halogens is 2. The molecule has 9 atom stereocenters. The minimum atomic E-state index is -4.15. The molecule has 0 spiro atoms. The number of ether oxygens (including phenoxy) is 4. The first-order chi connectivity index (χ1) is 17.5. The largest absolute Gasteiger partial charge is 0.459 e. The number of hydrogen-bond donors (Lipinski definition) is 1. The molecule has 1 saturated heterocycles. The minimum Gasteiger partial charge on any atom is -0.459 e. The first-order valence-corrected chi connectivity index (χ1v) is 10.4. The van der Waals surface area contributed by atoms with Crippen molar-refractivity contribution >= 4 is 11.9 Å². The van der Waals surface area contributed by atoms with Gasteiger partial charge in [-0.3, -0.25) is 9.59 Å². The van der Waals surface area contributed by atoms with Crippen molar-refractivity contribution in [1.82, 2.24) is 0 Å². The van der Waals surface area contributed by atoms with Gasteiger partial charge in [0.2, 0.25) is 0 Å². The molecule has 1 aliphatic carbocycles. The van der Waals surface area contributed by atoms with E-state index in [0.717, 1.165) is 13.8 Å². The molecule has 2 fully saturated rings. The second-order valence-corrected chi connectivity index (χ2v) is 7.76. The van der Waals surface area contributed by atoms with Crippen molar-refractivity contribution in [2.75, 3.05) is 6.54 Å². The smallest absolute Gasteiger partial charge is 0.303 e. The third-order valence-corrected chi connectivity index (χ3v) is 5.38. The summed E-state index contributed by atoms with van der Waals surface area (Å²) in [6.07, 6.45) is -11.9. The van der Waals surface area contributed by atoms with Gasteiger partial charge in [-0.1, -0.05) is 20.5 Å². The molecule has 2 aliphatic rings. The number of azide groups is 4. The lowest BCUT2D eigenvalue weighted by atomic mass is 9.84. The van der Waals surface area contributed by atoms with Crippen molar-refractivity contribution in [1.29, 1.82) is 0 Å². The van der Waals surface area contributed by atoms with Gasteiger partial charge < -0.3 is 24.1 Å². The molecule has 1 aliphatic heterocycles. The number of alkyl halides is 2. The molecule has 0 aromatic carbocycles. The molecule has 2 rings (SSSR count). The fourth-order valence-corrected chi connectivity index (χ4v) is 3.98. The molecular weight excluding hydrogens is 510 g/mol. The van der Waals surface area contributed by atoms with Crippen LogP contribution in [-0.4, -0.2) is 84.4 Å². The van der Waals surface area contributed by atoms with E-state index in [1.54, 1.807) is 0 Å². The molecule has 0 bridgehead atoms. The Hall–Kier alpha value is -4.08. The Morgan fingerprint density at radius 1 is 0.973 bits per heavy atom. The quantitative estimate of drug-likeness (QED) is 0.201. The number of carbonyl (C=O) groups excluding carboxylic acids is 2. The number of esters is 2. The van der Waals surface area contributed by atoms with Gasteiger partial charge in [-0.25, -0.2) is 8.78 Å². The first-order valence-electron chi connectivity index (χ1n) is 10.4. The Bertz CT molecular complexity index is 1070. The highest BCUT2D eigenvalue weighted by molar-refractivity contribution is 5.66. The van der Waals surface area contributed by atoms with Crippen molar-refractivity contribution in [2.24, 2.45) is 20.5 Å². The number of aliphatic hydroxyl groups is 1. The molecule has 0 radical (unpaired) electrons. The van der Waals surface area contributed by atoms with E-state index in [9.17, 15) is 14.7 Å². The highest BCUT2D eigenvalue weighted by Gasteiger charge is 2.62. The zero-order valence-electron chi connectivity index (χ0n) is 19.1. The summed E-state index contributed by atoms with van der Waals surface area (Å²) >= 11 is 0. The molecule has 1 heterocycles. The van der Waals surface area contributed by atoms with Gasteiger partial charge in [0.1, 0.15) is 18.3 Å². The predicted molar refractivity (Wildman–Crippen MR) is 113 cm³/mol. The lowest BCUT2D eigenvalue weighted by Gasteiger charge is -2.47. The summed E-state index contributed by atoms with van der Waals surface area (Å²) in [5, 5.41) is 23.9. The van der Waals surface area contributed by atoms with E-state index in [1.165, 1.54) is 0 Å². The summed E-state index contributed by atoms with van der Waals surface area (Å²) in [6.45, 7) is 1.06. The van der Waals surface area contributed by atoms with Crippen molar-refractivity contribution < 1.29 is 42.4 Å². The van der Waals surface area contributed by atoms with Crippen LogP contribution < -0.4 is 0 Å². The van der Waals surface area contributed by atoms with E-state index >= 15 is 8.78 Å². The van der Waals surface area contributed by atoms with Gasteiger partial charge in [-0.15, -0.1) is 0 Å². The van der Waals surface area contributed by atoms with Gasteiger partial charge in [-0.2, -0.15) is 0 Å². The molecule has 1 N–H and O–H groups in total. The molecule has 0 amide bonds. The summed E-state index contributed by atoms with van der Waals surface area (Å²) in [7, 11) is 0. The molecule has 0 aromatic rings. The fourth-order valence-electron chi connectivity index (χ4n) is 3.98.